The number of carbonyl (C=O) groups is 2. The molecule has 6 rings (SSSR count). The summed E-state index contributed by atoms with van der Waals surface area (Å²) in [5, 5.41) is 8.22. The lowest BCUT2D eigenvalue weighted by Crippen LogP contribution is -2.55. The molecule has 1 saturated heterocycles. The van der Waals surface area contributed by atoms with Gasteiger partial charge in [0.2, 0.25) is 21.8 Å². The molecular weight excluding hydrogens is 662 g/mol. The van der Waals surface area contributed by atoms with E-state index in [9.17, 15) is 31.2 Å². The average Bonchev–Trinajstić information content (AvgIpc) is 3.77. The number of halogens is 4. The molecule has 262 valence electrons. The van der Waals surface area contributed by atoms with Crippen LogP contribution in [-0.2, 0) is 26.0 Å². The van der Waals surface area contributed by atoms with E-state index in [4.69, 9.17) is 0 Å². The molecule has 49 heavy (non-hydrogen) atoms. The third kappa shape index (κ3) is 8.13. The highest BCUT2D eigenvalue weighted by Gasteiger charge is 2.40. The predicted octanol–water partition coefficient (Wildman–Crippen LogP) is 4.78. The number of nitrogens with one attached hydrogen (secondary N) is 3. The zero-order valence-electron chi connectivity index (χ0n) is 26.8. The molecule has 2 aromatic carbocycles. The molecule has 3 aromatic rings. The second kappa shape index (κ2) is 14.9. The Bertz CT molecular complexity index is 1760. The summed E-state index contributed by atoms with van der Waals surface area (Å²) in [6.45, 7) is 1.20. The van der Waals surface area contributed by atoms with Crippen LogP contribution in [-0.4, -0.2) is 66.5 Å². The lowest BCUT2D eigenvalue weighted by molar-refractivity contribution is -0.127. The molecule has 2 aliphatic carbocycles. The Morgan fingerprint density at radius 2 is 1.61 bits per heavy atom. The van der Waals surface area contributed by atoms with Crippen LogP contribution < -0.4 is 16.0 Å². The minimum Gasteiger partial charge on any atom is -0.343 e. The van der Waals surface area contributed by atoms with Gasteiger partial charge in [-0.15, -0.1) is 0 Å². The second-order valence-electron chi connectivity index (χ2n) is 13.1. The summed E-state index contributed by atoms with van der Waals surface area (Å²) < 4.78 is 87.0. The van der Waals surface area contributed by atoms with Crippen LogP contribution in [0.2, 0.25) is 0 Å². The standard InChI is InChI=1S/C35H39F4N5O4S/c36-24-9-7-21(8-10-24)32(23-15-25(37)17-26(38)16-23)33(43-34(45)22-5-6-22)35(46)42-31-20-41-19-30(39)29(31)12-11-27-18-40-13-14-44(27)49(47,48)28-3-1-2-4-28/h7-10,15-17,19-20,22,27-28,32-33,40H,1-6,11-14,18H2,(H,42,46)(H,43,45)/t27-,32-,33-/m0/s1. The fraction of sp³-hybridized carbons (Fsp3) is 0.457. The fourth-order valence-corrected chi connectivity index (χ4v) is 9.22. The quantitative estimate of drug-likeness (QED) is 0.234. The molecule has 0 unspecified atom stereocenters. The Hall–Kier alpha value is -3.88. The number of hydrogen-bond acceptors (Lipinski definition) is 6. The van der Waals surface area contributed by atoms with E-state index in [-0.39, 0.29) is 35.6 Å². The lowest BCUT2D eigenvalue weighted by atomic mass is 9.84. The number of pyridine rings is 1. The molecule has 2 heterocycles. The molecule has 3 N–H and O–H groups in total. The lowest BCUT2D eigenvalue weighted by Gasteiger charge is -2.37. The van der Waals surface area contributed by atoms with Crippen molar-refractivity contribution in [1.82, 2.24) is 19.9 Å². The minimum absolute atomic E-state index is 0.00733. The summed E-state index contributed by atoms with van der Waals surface area (Å²) in [4.78, 5) is 31.2. The van der Waals surface area contributed by atoms with Gasteiger partial charge in [-0.1, -0.05) is 25.0 Å². The molecule has 3 atom stereocenters. The Morgan fingerprint density at radius 1 is 0.918 bits per heavy atom. The minimum atomic E-state index is -3.55. The number of amides is 2. The van der Waals surface area contributed by atoms with Crippen molar-refractivity contribution in [2.75, 3.05) is 25.0 Å². The van der Waals surface area contributed by atoms with Gasteiger partial charge in [-0.05, 0) is 73.9 Å². The number of sulfonamides is 1. The number of aromatic nitrogens is 1. The Kier molecular flexibility index (Phi) is 10.7. The number of hydrogen-bond donors (Lipinski definition) is 3. The van der Waals surface area contributed by atoms with Gasteiger partial charge in [-0.3, -0.25) is 14.6 Å². The van der Waals surface area contributed by atoms with Gasteiger partial charge in [-0.2, -0.15) is 4.31 Å². The molecule has 14 heteroatoms. The van der Waals surface area contributed by atoms with Crippen LogP contribution in [0.25, 0.3) is 0 Å². The van der Waals surface area contributed by atoms with Crippen molar-refractivity contribution in [3.8, 4) is 0 Å². The molecule has 9 nitrogen and oxygen atoms in total. The SMILES string of the molecule is O=C(N[C@H](C(=O)Nc1cncc(F)c1CC[C@H]1CNCCN1S(=O)(=O)C1CCCC1)[C@@H](c1ccc(F)cc1)c1cc(F)cc(F)c1)C1CC1. The van der Waals surface area contributed by atoms with Gasteiger partial charge < -0.3 is 16.0 Å². The Labute approximate surface area is 282 Å². The van der Waals surface area contributed by atoms with E-state index in [1.54, 1.807) is 0 Å². The van der Waals surface area contributed by atoms with Crippen LogP contribution in [0, 0.1) is 29.2 Å². The van der Waals surface area contributed by atoms with Crippen LogP contribution in [0.5, 0.6) is 0 Å². The number of nitrogens with zero attached hydrogens (tertiary/aromatic N) is 2. The van der Waals surface area contributed by atoms with Crippen LogP contribution >= 0.6 is 0 Å². The highest BCUT2D eigenvalue weighted by atomic mass is 32.2. The zero-order chi connectivity index (χ0) is 34.7. The fourth-order valence-electron chi connectivity index (χ4n) is 6.97. The normalized spacial score (nSPS) is 20.1. The van der Waals surface area contributed by atoms with Crippen molar-refractivity contribution in [2.45, 2.75) is 74.6 Å². The van der Waals surface area contributed by atoms with Crippen molar-refractivity contribution >= 4 is 27.5 Å². The number of rotatable bonds is 12. The summed E-state index contributed by atoms with van der Waals surface area (Å²) in [6, 6.07) is 5.88. The summed E-state index contributed by atoms with van der Waals surface area (Å²) in [7, 11) is -3.55. The van der Waals surface area contributed by atoms with E-state index < -0.39 is 68.4 Å². The van der Waals surface area contributed by atoms with Crippen LogP contribution in [0.15, 0.2) is 54.9 Å². The maximum Gasteiger partial charge on any atom is 0.247 e. The van der Waals surface area contributed by atoms with Crippen molar-refractivity contribution in [1.29, 1.82) is 0 Å². The Balaban J connectivity index is 1.29. The zero-order valence-corrected chi connectivity index (χ0v) is 27.6. The summed E-state index contributed by atoms with van der Waals surface area (Å²) in [5.41, 5.74) is 0.419. The van der Waals surface area contributed by atoms with Crippen LogP contribution in [0.4, 0.5) is 23.2 Å². The van der Waals surface area contributed by atoms with E-state index in [1.807, 2.05) is 0 Å². The smallest absolute Gasteiger partial charge is 0.247 e. The van der Waals surface area contributed by atoms with Crippen LogP contribution in [0.3, 0.4) is 0 Å². The first kappa shape index (κ1) is 35.0. The van der Waals surface area contributed by atoms with E-state index in [2.05, 4.69) is 20.9 Å². The van der Waals surface area contributed by atoms with Crippen molar-refractivity contribution in [3.63, 3.8) is 0 Å². The molecule has 1 aromatic heterocycles. The first-order chi connectivity index (χ1) is 23.5. The Morgan fingerprint density at radius 3 is 2.29 bits per heavy atom. The first-order valence-corrected chi connectivity index (χ1v) is 18.2. The molecule has 1 aliphatic heterocycles. The third-order valence-corrected chi connectivity index (χ3v) is 12.1. The van der Waals surface area contributed by atoms with Gasteiger partial charge in [0.15, 0.2) is 0 Å². The van der Waals surface area contributed by atoms with Gasteiger partial charge in [0.25, 0.3) is 0 Å². The predicted molar refractivity (Wildman–Crippen MR) is 175 cm³/mol. The van der Waals surface area contributed by atoms with Gasteiger partial charge >= 0.3 is 0 Å². The molecule has 3 aliphatic rings. The number of benzene rings is 2. The third-order valence-electron chi connectivity index (χ3n) is 9.67. The van der Waals surface area contributed by atoms with Gasteiger partial charge in [0, 0.05) is 49.1 Å². The summed E-state index contributed by atoms with van der Waals surface area (Å²) in [5.74, 6) is -5.86. The van der Waals surface area contributed by atoms with Gasteiger partial charge in [0.1, 0.15) is 29.3 Å². The number of anilines is 1. The van der Waals surface area contributed by atoms with E-state index in [1.165, 1.54) is 22.6 Å². The molecule has 2 saturated carbocycles. The maximum atomic E-state index is 15.4. The van der Waals surface area contributed by atoms with E-state index in [0.29, 0.717) is 56.9 Å². The largest absolute Gasteiger partial charge is 0.343 e. The molecule has 2 amide bonds. The van der Waals surface area contributed by atoms with Crippen LogP contribution in [0.1, 0.15) is 67.6 Å². The average molecular weight is 702 g/mol. The summed E-state index contributed by atoms with van der Waals surface area (Å²) in [6.07, 6.45) is 6.76. The van der Waals surface area contributed by atoms with E-state index in [0.717, 1.165) is 43.3 Å². The maximum absolute atomic E-state index is 15.4. The monoisotopic (exact) mass is 701 g/mol. The van der Waals surface area contributed by atoms with Gasteiger partial charge in [-0.25, -0.2) is 26.0 Å². The first-order valence-electron chi connectivity index (χ1n) is 16.7. The molecule has 0 spiro atoms. The second-order valence-corrected chi connectivity index (χ2v) is 15.3. The highest BCUT2D eigenvalue weighted by molar-refractivity contribution is 7.89. The van der Waals surface area contributed by atoms with Crippen molar-refractivity contribution < 1.29 is 35.6 Å². The molecule has 0 radical (unpaired) electrons. The number of carbonyl (C=O) groups excluding carboxylic acids is 2. The number of piperazine rings is 1. The van der Waals surface area contributed by atoms with E-state index >= 15 is 4.39 Å². The molecule has 0 bridgehead atoms. The highest BCUT2D eigenvalue weighted by Crippen LogP contribution is 2.34. The topological polar surface area (TPSA) is 120 Å². The van der Waals surface area contributed by atoms with Crippen molar-refractivity contribution in [3.05, 3.63) is 94.8 Å². The van der Waals surface area contributed by atoms with Crippen molar-refractivity contribution in [2.24, 2.45) is 5.92 Å². The molecular formula is C35H39F4N5O4S. The molecule has 3 fully saturated rings. The summed E-state index contributed by atoms with van der Waals surface area (Å²) >= 11 is 0. The van der Waals surface area contributed by atoms with Gasteiger partial charge in [0.05, 0.1) is 23.3 Å².